The SMILES string of the molecule is Nc1ccc(OCCCSc2ccncn2)cc1. The molecule has 4 nitrogen and oxygen atoms in total. The van der Waals surface area contributed by atoms with Crippen molar-refractivity contribution in [2.75, 3.05) is 18.1 Å². The number of nitrogens with two attached hydrogens (primary N) is 1. The number of benzene rings is 1. The third kappa shape index (κ3) is 4.25. The summed E-state index contributed by atoms with van der Waals surface area (Å²) in [5, 5.41) is 0.998. The van der Waals surface area contributed by atoms with Crippen molar-refractivity contribution in [1.82, 2.24) is 9.97 Å². The van der Waals surface area contributed by atoms with Crippen LogP contribution in [-0.2, 0) is 0 Å². The number of nitrogens with zero attached hydrogens (tertiary/aromatic N) is 2. The lowest BCUT2D eigenvalue weighted by atomic mass is 10.3. The molecule has 94 valence electrons. The molecular weight excluding hydrogens is 246 g/mol. The van der Waals surface area contributed by atoms with Gasteiger partial charge in [-0.05, 0) is 36.8 Å². The molecule has 2 N–H and O–H groups in total. The van der Waals surface area contributed by atoms with Crippen molar-refractivity contribution < 1.29 is 4.74 Å². The van der Waals surface area contributed by atoms with Crippen LogP contribution in [0.2, 0.25) is 0 Å². The van der Waals surface area contributed by atoms with Gasteiger partial charge in [-0.1, -0.05) is 0 Å². The van der Waals surface area contributed by atoms with Crippen LogP contribution in [0.3, 0.4) is 0 Å². The molecule has 0 aliphatic rings. The molecule has 0 aliphatic heterocycles. The van der Waals surface area contributed by atoms with Gasteiger partial charge in [0.25, 0.3) is 0 Å². The van der Waals surface area contributed by atoms with Gasteiger partial charge in [0.05, 0.1) is 11.6 Å². The topological polar surface area (TPSA) is 61.0 Å². The molecule has 2 rings (SSSR count). The van der Waals surface area contributed by atoms with Crippen LogP contribution < -0.4 is 10.5 Å². The van der Waals surface area contributed by atoms with Crippen LogP contribution in [0.5, 0.6) is 5.75 Å². The highest BCUT2D eigenvalue weighted by atomic mass is 32.2. The number of rotatable bonds is 6. The zero-order chi connectivity index (χ0) is 12.6. The molecule has 0 atom stereocenters. The number of hydrogen-bond acceptors (Lipinski definition) is 5. The van der Waals surface area contributed by atoms with Crippen LogP contribution in [-0.4, -0.2) is 22.3 Å². The van der Waals surface area contributed by atoms with Crippen molar-refractivity contribution in [3.8, 4) is 5.75 Å². The van der Waals surface area contributed by atoms with Crippen LogP contribution in [0.1, 0.15) is 6.42 Å². The number of hydrogen-bond donors (Lipinski definition) is 1. The lowest BCUT2D eigenvalue weighted by Gasteiger charge is -2.05. The number of anilines is 1. The summed E-state index contributed by atoms with van der Waals surface area (Å²) < 4.78 is 5.60. The Bertz CT molecular complexity index is 461. The average molecular weight is 261 g/mol. The van der Waals surface area contributed by atoms with Crippen LogP contribution in [0.15, 0.2) is 47.9 Å². The van der Waals surface area contributed by atoms with Gasteiger partial charge in [-0.15, -0.1) is 11.8 Å². The summed E-state index contributed by atoms with van der Waals surface area (Å²) >= 11 is 1.71. The maximum absolute atomic E-state index is 5.60. The van der Waals surface area contributed by atoms with Gasteiger partial charge in [-0.25, -0.2) is 9.97 Å². The fourth-order valence-electron chi connectivity index (χ4n) is 1.35. The first-order valence-corrected chi connectivity index (χ1v) is 6.70. The van der Waals surface area contributed by atoms with Gasteiger partial charge < -0.3 is 10.5 Å². The predicted molar refractivity (Wildman–Crippen MR) is 73.7 cm³/mol. The Hall–Kier alpha value is -1.75. The maximum atomic E-state index is 5.60. The molecule has 0 fully saturated rings. The van der Waals surface area contributed by atoms with Crippen LogP contribution in [0.4, 0.5) is 5.69 Å². The standard InChI is InChI=1S/C13H15N3OS/c14-11-2-4-12(5-3-11)17-8-1-9-18-13-6-7-15-10-16-13/h2-7,10H,1,8-9,14H2. The Labute approximate surface area is 111 Å². The normalized spacial score (nSPS) is 10.2. The van der Waals surface area contributed by atoms with Crippen molar-refractivity contribution in [2.45, 2.75) is 11.4 Å². The predicted octanol–water partition coefficient (Wildman–Crippen LogP) is 2.62. The fourth-order valence-corrected chi connectivity index (χ4v) is 2.10. The van der Waals surface area contributed by atoms with E-state index in [1.54, 1.807) is 24.3 Å². The third-order valence-corrected chi connectivity index (χ3v) is 3.27. The zero-order valence-electron chi connectivity index (χ0n) is 9.95. The second-order valence-corrected chi connectivity index (χ2v) is 4.78. The first-order valence-electron chi connectivity index (χ1n) is 5.72. The molecular formula is C13H15N3OS. The van der Waals surface area contributed by atoms with E-state index in [-0.39, 0.29) is 0 Å². The molecule has 2 aromatic rings. The summed E-state index contributed by atoms with van der Waals surface area (Å²) in [4.78, 5) is 8.02. The van der Waals surface area contributed by atoms with Crippen molar-refractivity contribution in [3.63, 3.8) is 0 Å². The maximum Gasteiger partial charge on any atom is 0.119 e. The highest BCUT2D eigenvalue weighted by Crippen LogP contribution is 2.16. The zero-order valence-corrected chi connectivity index (χ0v) is 10.8. The largest absolute Gasteiger partial charge is 0.494 e. The third-order valence-electron chi connectivity index (χ3n) is 2.24. The van der Waals surface area contributed by atoms with E-state index in [0.717, 1.165) is 28.6 Å². The van der Waals surface area contributed by atoms with Gasteiger partial charge in [0.15, 0.2) is 0 Å². The second kappa shape index (κ2) is 6.86. The van der Waals surface area contributed by atoms with Crippen LogP contribution in [0.25, 0.3) is 0 Å². The number of thioether (sulfide) groups is 1. The second-order valence-electron chi connectivity index (χ2n) is 3.67. The first kappa shape index (κ1) is 12.7. The molecule has 0 amide bonds. The lowest BCUT2D eigenvalue weighted by Crippen LogP contribution is -1.99. The van der Waals surface area contributed by atoms with E-state index >= 15 is 0 Å². The van der Waals surface area contributed by atoms with Gasteiger partial charge >= 0.3 is 0 Å². The van der Waals surface area contributed by atoms with E-state index in [1.807, 2.05) is 30.3 Å². The summed E-state index contributed by atoms with van der Waals surface area (Å²) in [7, 11) is 0. The number of aromatic nitrogens is 2. The Morgan fingerprint density at radius 2 is 2.00 bits per heavy atom. The summed E-state index contributed by atoms with van der Waals surface area (Å²) in [6.45, 7) is 0.696. The smallest absolute Gasteiger partial charge is 0.119 e. The highest BCUT2D eigenvalue weighted by Gasteiger charge is 1.96. The van der Waals surface area contributed by atoms with E-state index in [9.17, 15) is 0 Å². The molecule has 0 radical (unpaired) electrons. The van der Waals surface area contributed by atoms with Crippen LogP contribution >= 0.6 is 11.8 Å². The van der Waals surface area contributed by atoms with Crippen molar-refractivity contribution in [3.05, 3.63) is 42.9 Å². The number of nitrogen functional groups attached to an aromatic ring is 1. The summed E-state index contributed by atoms with van der Waals surface area (Å²) in [5.74, 6) is 1.84. The first-order chi connectivity index (χ1) is 8.84. The van der Waals surface area contributed by atoms with Crippen molar-refractivity contribution >= 4 is 17.4 Å². The van der Waals surface area contributed by atoms with E-state index < -0.39 is 0 Å². The molecule has 1 heterocycles. The molecule has 0 aliphatic carbocycles. The molecule has 5 heteroatoms. The van der Waals surface area contributed by atoms with Gasteiger partial charge in [-0.3, -0.25) is 0 Å². The van der Waals surface area contributed by atoms with Crippen molar-refractivity contribution in [1.29, 1.82) is 0 Å². The fraction of sp³-hybridized carbons (Fsp3) is 0.231. The molecule has 0 saturated heterocycles. The van der Waals surface area contributed by atoms with Gasteiger partial charge in [0.1, 0.15) is 12.1 Å². The Morgan fingerprint density at radius 3 is 2.72 bits per heavy atom. The van der Waals surface area contributed by atoms with E-state index in [1.165, 1.54) is 0 Å². The van der Waals surface area contributed by atoms with E-state index in [0.29, 0.717) is 6.61 Å². The summed E-state index contributed by atoms with van der Waals surface area (Å²) in [6, 6.07) is 9.35. The molecule has 0 unspecified atom stereocenters. The van der Waals surface area contributed by atoms with E-state index in [2.05, 4.69) is 9.97 Å². The minimum absolute atomic E-state index is 0.696. The molecule has 18 heavy (non-hydrogen) atoms. The minimum atomic E-state index is 0.696. The quantitative estimate of drug-likeness (QED) is 0.375. The summed E-state index contributed by atoms with van der Waals surface area (Å²) in [6.07, 6.45) is 4.28. The monoisotopic (exact) mass is 261 g/mol. The molecule has 1 aromatic heterocycles. The lowest BCUT2D eigenvalue weighted by molar-refractivity contribution is 0.319. The van der Waals surface area contributed by atoms with E-state index in [4.69, 9.17) is 10.5 Å². The molecule has 0 bridgehead atoms. The summed E-state index contributed by atoms with van der Waals surface area (Å²) in [5.41, 5.74) is 6.35. The Morgan fingerprint density at radius 1 is 1.17 bits per heavy atom. The van der Waals surface area contributed by atoms with Crippen LogP contribution in [0, 0.1) is 0 Å². The molecule has 0 saturated carbocycles. The Balaban J connectivity index is 1.63. The number of ether oxygens (including phenoxy) is 1. The minimum Gasteiger partial charge on any atom is -0.494 e. The van der Waals surface area contributed by atoms with Crippen molar-refractivity contribution in [2.24, 2.45) is 0 Å². The van der Waals surface area contributed by atoms with Gasteiger partial charge in [-0.2, -0.15) is 0 Å². The average Bonchev–Trinajstić information content (AvgIpc) is 2.42. The Kier molecular flexibility index (Phi) is 4.84. The highest BCUT2D eigenvalue weighted by molar-refractivity contribution is 7.99. The van der Waals surface area contributed by atoms with Gasteiger partial charge in [0.2, 0.25) is 0 Å². The molecule has 0 spiro atoms. The van der Waals surface area contributed by atoms with Gasteiger partial charge in [0, 0.05) is 17.6 Å². The molecule has 1 aromatic carbocycles.